The van der Waals surface area contributed by atoms with Crippen molar-refractivity contribution in [3.63, 3.8) is 0 Å². The first-order chi connectivity index (χ1) is 6.34. The highest BCUT2D eigenvalue weighted by Crippen LogP contribution is 2.16. The average molecular weight is 217 g/mol. The van der Waals surface area contributed by atoms with Crippen molar-refractivity contribution in [3.05, 3.63) is 0 Å². The zero-order valence-corrected chi connectivity index (χ0v) is 10.1. The minimum atomic E-state index is 1.13. The van der Waals surface area contributed by atoms with Crippen LogP contribution in [0.25, 0.3) is 0 Å². The van der Waals surface area contributed by atoms with Gasteiger partial charge in [0.15, 0.2) is 0 Å². The van der Waals surface area contributed by atoms with Gasteiger partial charge in [-0.3, -0.25) is 0 Å². The van der Waals surface area contributed by atoms with Crippen LogP contribution in [0.15, 0.2) is 0 Å². The monoisotopic (exact) mass is 217 g/mol. The highest BCUT2D eigenvalue weighted by molar-refractivity contribution is 8.22. The molecule has 0 amide bonds. The summed E-state index contributed by atoms with van der Waals surface area (Å²) < 4.78 is 1.13. The lowest BCUT2D eigenvalue weighted by Gasteiger charge is -2.28. The number of rotatable bonds is 3. The molecule has 1 fully saturated rings. The molecule has 0 radical (unpaired) electrons. The van der Waals surface area contributed by atoms with Gasteiger partial charge in [0.2, 0.25) is 0 Å². The Labute approximate surface area is 91.3 Å². The predicted octanol–water partition coefficient (Wildman–Crippen LogP) is 3.29. The zero-order chi connectivity index (χ0) is 9.52. The van der Waals surface area contributed by atoms with Gasteiger partial charge in [0.05, 0.1) is 0 Å². The van der Waals surface area contributed by atoms with E-state index in [2.05, 4.69) is 11.8 Å². The third-order valence-corrected chi connectivity index (χ3v) is 3.95. The van der Waals surface area contributed by atoms with Crippen LogP contribution < -0.4 is 0 Å². The Morgan fingerprint density at radius 3 is 2.62 bits per heavy atom. The van der Waals surface area contributed by atoms with E-state index in [9.17, 15) is 0 Å². The first-order valence-electron chi connectivity index (χ1n) is 5.26. The number of hydrogen-bond donors (Lipinski definition) is 0. The van der Waals surface area contributed by atoms with Crippen molar-refractivity contribution >= 4 is 28.3 Å². The van der Waals surface area contributed by atoms with Crippen molar-refractivity contribution < 1.29 is 0 Å². The normalized spacial score (nSPS) is 17.5. The summed E-state index contributed by atoms with van der Waals surface area (Å²) in [4.78, 5) is 2.37. The fraction of sp³-hybridized carbons (Fsp3) is 0.900. The molecular weight excluding hydrogens is 198 g/mol. The van der Waals surface area contributed by atoms with Crippen LogP contribution in [0.5, 0.6) is 0 Å². The molecule has 1 aliphatic heterocycles. The van der Waals surface area contributed by atoms with Crippen LogP contribution in [0.1, 0.15) is 39.0 Å². The third-order valence-electron chi connectivity index (χ3n) is 2.34. The van der Waals surface area contributed by atoms with Gasteiger partial charge in [-0.05, 0) is 25.7 Å². The molecule has 1 rings (SSSR count). The molecule has 76 valence electrons. The molecular formula is C10H19NS2. The maximum atomic E-state index is 5.38. The van der Waals surface area contributed by atoms with E-state index in [1.54, 1.807) is 0 Å². The van der Waals surface area contributed by atoms with Crippen LogP contribution in [0.3, 0.4) is 0 Å². The standard InChI is InChI=1S/C10H19NS2/c1-2-3-9-13-10(12)11-7-5-4-6-8-11/h2-9H2,1H3. The Morgan fingerprint density at radius 1 is 1.31 bits per heavy atom. The maximum absolute atomic E-state index is 5.38. The number of thiocarbonyl (C=S) groups is 1. The Morgan fingerprint density at radius 2 is 2.00 bits per heavy atom. The summed E-state index contributed by atoms with van der Waals surface area (Å²) in [6.45, 7) is 4.61. The Hall–Kier alpha value is 0.240. The zero-order valence-electron chi connectivity index (χ0n) is 8.42. The van der Waals surface area contributed by atoms with Crippen molar-refractivity contribution in [1.82, 2.24) is 4.90 Å². The largest absolute Gasteiger partial charge is 0.358 e. The Balaban J connectivity index is 2.13. The fourth-order valence-corrected chi connectivity index (χ4v) is 2.88. The fourth-order valence-electron chi connectivity index (χ4n) is 1.47. The van der Waals surface area contributed by atoms with Gasteiger partial charge < -0.3 is 4.90 Å². The quantitative estimate of drug-likeness (QED) is 0.527. The third kappa shape index (κ3) is 4.32. The van der Waals surface area contributed by atoms with E-state index < -0.39 is 0 Å². The molecule has 0 N–H and O–H groups in total. The summed E-state index contributed by atoms with van der Waals surface area (Å²) in [5.41, 5.74) is 0. The van der Waals surface area contributed by atoms with Crippen LogP contribution >= 0.6 is 24.0 Å². The second kappa shape index (κ2) is 6.66. The summed E-state index contributed by atoms with van der Waals surface area (Å²) in [5, 5.41) is 0. The molecule has 1 heterocycles. The SMILES string of the molecule is CCCCSC(=S)N1CCCCC1. The number of piperidine rings is 1. The lowest BCUT2D eigenvalue weighted by atomic mass is 10.1. The highest BCUT2D eigenvalue weighted by atomic mass is 32.2. The molecule has 0 unspecified atom stereocenters. The molecule has 0 saturated carbocycles. The lowest BCUT2D eigenvalue weighted by molar-refractivity contribution is 0.352. The highest BCUT2D eigenvalue weighted by Gasteiger charge is 2.12. The summed E-state index contributed by atoms with van der Waals surface area (Å²) in [6, 6.07) is 0. The smallest absolute Gasteiger partial charge is 0.136 e. The molecule has 0 aromatic carbocycles. The van der Waals surface area contributed by atoms with Crippen LogP contribution in [-0.2, 0) is 0 Å². The van der Waals surface area contributed by atoms with E-state index in [1.807, 2.05) is 11.8 Å². The van der Waals surface area contributed by atoms with Gasteiger partial charge in [0.25, 0.3) is 0 Å². The summed E-state index contributed by atoms with van der Waals surface area (Å²) >= 11 is 7.24. The summed E-state index contributed by atoms with van der Waals surface area (Å²) in [6.07, 6.45) is 6.61. The maximum Gasteiger partial charge on any atom is 0.136 e. The van der Waals surface area contributed by atoms with Crippen molar-refractivity contribution in [2.24, 2.45) is 0 Å². The van der Waals surface area contributed by atoms with Gasteiger partial charge in [-0.15, -0.1) is 0 Å². The summed E-state index contributed by atoms with van der Waals surface area (Å²) in [5.74, 6) is 1.20. The summed E-state index contributed by atoms with van der Waals surface area (Å²) in [7, 11) is 0. The molecule has 0 spiro atoms. The van der Waals surface area contributed by atoms with Crippen LogP contribution in [-0.4, -0.2) is 28.1 Å². The molecule has 1 aliphatic rings. The number of nitrogens with zero attached hydrogens (tertiary/aromatic N) is 1. The van der Waals surface area contributed by atoms with Crippen LogP contribution in [0, 0.1) is 0 Å². The molecule has 0 bridgehead atoms. The molecule has 3 heteroatoms. The van der Waals surface area contributed by atoms with Gasteiger partial charge >= 0.3 is 0 Å². The van der Waals surface area contributed by atoms with Gasteiger partial charge in [0, 0.05) is 18.8 Å². The molecule has 0 aromatic heterocycles. The Kier molecular flexibility index (Phi) is 5.80. The molecule has 1 nitrogen and oxygen atoms in total. The van der Waals surface area contributed by atoms with E-state index in [-0.39, 0.29) is 0 Å². The van der Waals surface area contributed by atoms with E-state index in [1.165, 1.54) is 50.9 Å². The molecule has 0 aliphatic carbocycles. The molecule has 13 heavy (non-hydrogen) atoms. The topological polar surface area (TPSA) is 3.24 Å². The second-order valence-corrected chi connectivity index (χ2v) is 5.24. The van der Waals surface area contributed by atoms with E-state index in [0.29, 0.717) is 0 Å². The molecule has 0 atom stereocenters. The van der Waals surface area contributed by atoms with E-state index in [0.717, 1.165) is 4.32 Å². The number of hydrogen-bond acceptors (Lipinski definition) is 2. The minimum absolute atomic E-state index is 1.13. The Bertz CT molecular complexity index is 153. The van der Waals surface area contributed by atoms with E-state index >= 15 is 0 Å². The van der Waals surface area contributed by atoms with Crippen molar-refractivity contribution in [3.8, 4) is 0 Å². The van der Waals surface area contributed by atoms with Crippen LogP contribution in [0.4, 0.5) is 0 Å². The second-order valence-electron chi connectivity index (χ2n) is 3.52. The first-order valence-corrected chi connectivity index (χ1v) is 6.65. The minimum Gasteiger partial charge on any atom is -0.358 e. The first kappa shape index (κ1) is 11.3. The van der Waals surface area contributed by atoms with E-state index in [4.69, 9.17) is 12.2 Å². The lowest BCUT2D eigenvalue weighted by Crippen LogP contribution is -2.32. The van der Waals surface area contributed by atoms with Gasteiger partial charge in [-0.2, -0.15) is 0 Å². The van der Waals surface area contributed by atoms with Crippen LogP contribution in [0.2, 0.25) is 0 Å². The van der Waals surface area contributed by atoms with Gasteiger partial charge in [-0.1, -0.05) is 37.3 Å². The number of unbranched alkanes of at least 4 members (excludes halogenated alkanes) is 1. The van der Waals surface area contributed by atoms with Crippen molar-refractivity contribution in [1.29, 1.82) is 0 Å². The van der Waals surface area contributed by atoms with Gasteiger partial charge in [0.1, 0.15) is 4.32 Å². The number of thioether (sulfide) groups is 1. The average Bonchev–Trinajstić information content (AvgIpc) is 2.19. The predicted molar refractivity (Wildman–Crippen MR) is 65.4 cm³/mol. The number of likely N-dealkylation sites (tertiary alicyclic amines) is 1. The van der Waals surface area contributed by atoms with Crippen molar-refractivity contribution in [2.45, 2.75) is 39.0 Å². The van der Waals surface area contributed by atoms with Gasteiger partial charge in [-0.25, -0.2) is 0 Å². The van der Waals surface area contributed by atoms with Crippen molar-refractivity contribution in [2.75, 3.05) is 18.8 Å². The molecule has 0 aromatic rings. The molecule has 1 saturated heterocycles.